The van der Waals surface area contributed by atoms with Gasteiger partial charge in [-0.15, -0.1) is 10.2 Å². The molecule has 3 aromatic rings. The Balaban J connectivity index is 1.31. The molecule has 0 unspecified atom stereocenters. The molecule has 2 aliphatic rings. The summed E-state index contributed by atoms with van der Waals surface area (Å²) in [6.45, 7) is 1.93. The van der Waals surface area contributed by atoms with E-state index in [2.05, 4.69) is 20.5 Å². The van der Waals surface area contributed by atoms with Gasteiger partial charge in [-0.3, -0.25) is 4.98 Å². The number of nitrogens with zero attached hydrogens (tertiary/aromatic N) is 3. The average molecular weight is 420 g/mol. The van der Waals surface area contributed by atoms with Crippen LogP contribution in [0.5, 0.6) is 11.6 Å². The fourth-order valence-corrected chi connectivity index (χ4v) is 4.52. The Kier molecular flexibility index (Phi) is 5.28. The molecule has 2 fully saturated rings. The van der Waals surface area contributed by atoms with Crippen molar-refractivity contribution in [2.45, 2.75) is 57.0 Å². The number of hydrogen-bond acceptors (Lipinski definition) is 6. The van der Waals surface area contributed by atoms with Crippen LogP contribution in [0.4, 0.5) is 4.39 Å². The van der Waals surface area contributed by atoms with Gasteiger partial charge in [0.2, 0.25) is 5.88 Å². The van der Waals surface area contributed by atoms with E-state index in [1.807, 2.05) is 25.1 Å². The van der Waals surface area contributed by atoms with Gasteiger partial charge in [-0.1, -0.05) is 18.6 Å². The quantitative estimate of drug-likeness (QED) is 0.658. The first kappa shape index (κ1) is 19.9. The average Bonchev–Trinajstić information content (AvgIpc) is 2.79. The van der Waals surface area contributed by atoms with Crippen molar-refractivity contribution in [2.75, 3.05) is 0 Å². The maximum absolute atomic E-state index is 14.7. The zero-order valence-corrected chi connectivity index (χ0v) is 17.3. The minimum atomic E-state index is -1.05. The number of aromatic hydroxyl groups is 1. The number of aromatic nitrogens is 3. The molecule has 1 aromatic carbocycles. The van der Waals surface area contributed by atoms with Gasteiger partial charge < -0.3 is 15.2 Å². The van der Waals surface area contributed by atoms with Gasteiger partial charge >= 0.3 is 0 Å². The third kappa shape index (κ3) is 4.10. The highest BCUT2D eigenvalue weighted by Gasteiger charge is 2.41. The van der Waals surface area contributed by atoms with Crippen LogP contribution in [0.3, 0.4) is 0 Å². The van der Waals surface area contributed by atoms with Gasteiger partial charge in [-0.25, -0.2) is 4.39 Å². The monoisotopic (exact) mass is 420 g/mol. The van der Waals surface area contributed by atoms with E-state index in [0.29, 0.717) is 29.6 Å². The summed E-state index contributed by atoms with van der Waals surface area (Å²) in [5, 5.41) is 22.2. The summed E-state index contributed by atoms with van der Waals surface area (Å²) >= 11 is 0. The predicted octanol–water partition coefficient (Wildman–Crippen LogP) is 4.22. The molecule has 2 aliphatic heterocycles. The third-order valence-electron chi connectivity index (χ3n) is 6.20. The number of aryl methyl sites for hydroxylation is 1. The van der Waals surface area contributed by atoms with Gasteiger partial charge in [0.05, 0.1) is 5.69 Å². The van der Waals surface area contributed by atoms with E-state index in [1.165, 1.54) is 0 Å². The molecule has 2 N–H and O–H groups in total. The van der Waals surface area contributed by atoms with Crippen molar-refractivity contribution in [2.24, 2.45) is 0 Å². The number of rotatable bonds is 4. The van der Waals surface area contributed by atoms with E-state index >= 15 is 0 Å². The van der Waals surface area contributed by atoms with E-state index < -0.39 is 12.3 Å². The molecule has 0 radical (unpaired) electrons. The number of phenols is 1. The highest BCUT2D eigenvalue weighted by atomic mass is 19.1. The first-order valence-corrected chi connectivity index (χ1v) is 10.7. The lowest BCUT2D eigenvalue weighted by Gasteiger charge is -2.42. The van der Waals surface area contributed by atoms with Crippen molar-refractivity contribution in [3.05, 3.63) is 54.4 Å². The van der Waals surface area contributed by atoms with Gasteiger partial charge in [0, 0.05) is 47.6 Å². The number of nitrogens with one attached hydrogen (secondary N) is 1. The van der Waals surface area contributed by atoms with Crippen LogP contribution in [-0.2, 0) is 0 Å². The highest BCUT2D eigenvalue weighted by molar-refractivity contribution is 5.73. The number of pyridine rings is 1. The Morgan fingerprint density at radius 3 is 2.68 bits per heavy atom. The second-order valence-corrected chi connectivity index (χ2v) is 8.41. The van der Waals surface area contributed by atoms with Crippen molar-refractivity contribution in [3.8, 4) is 34.0 Å². The smallest absolute Gasteiger partial charge is 0.233 e. The zero-order chi connectivity index (χ0) is 21.4. The topological polar surface area (TPSA) is 80.2 Å². The second-order valence-electron chi connectivity index (χ2n) is 8.41. The molecule has 7 heteroatoms. The molecule has 31 heavy (non-hydrogen) atoms. The van der Waals surface area contributed by atoms with E-state index in [-0.39, 0.29) is 11.8 Å². The Morgan fingerprint density at radius 1 is 1.06 bits per heavy atom. The number of fused-ring (bicyclic) bond motifs is 2. The Morgan fingerprint density at radius 2 is 1.94 bits per heavy atom. The van der Waals surface area contributed by atoms with Crippen molar-refractivity contribution < 1.29 is 14.2 Å². The molecule has 2 aromatic heterocycles. The molecular weight excluding hydrogens is 395 g/mol. The van der Waals surface area contributed by atoms with Crippen LogP contribution in [-0.4, -0.2) is 44.6 Å². The van der Waals surface area contributed by atoms with E-state index in [1.54, 1.807) is 30.5 Å². The number of alkyl halides is 1. The van der Waals surface area contributed by atoms with E-state index in [9.17, 15) is 9.50 Å². The molecule has 160 valence electrons. The summed E-state index contributed by atoms with van der Waals surface area (Å²) in [6, 6.07) is 12.9. The lowest BCUT2D eigenvalue weighted by Crippen LogP contribution is -2.59. The summed E-state index contributed by atoms with van der Waals surface area (Å²) in [5.41, 5.74) is 3.83. The summed E-state index contributed by atoms with van der Waals surface area (Å²) in [5.74, 6) is 0.411. The standard InChI is InChI=1S/C24H25FN4O2/c1-14-5-6-16(13-26-14)15-7-8-18(21(30)11-15)19-9-10-23(29-28-19)31-22-12-17-3-2-4-20(27-17)24(22)25/h5-11,13,17,20,22,24,27,30H,2-4,12H2,1H3/t17-,20+,22-,24+/m1/s1. The maximum atomic E-state index is 14.7. The van der Waals surface area contributed by atoms with Crippen LogP contribution >= 0.6 is 0 Å². The largest absolute Gasteiger partial charge is 0.507 e. The van der Waals surface area contributed by atoms with Crippen molar-refractivity contribution in [1.29, 1.82) is 0 Å². The SMILES string of the molecule is Cc1ccc(-c2ccc(-c3ccc(O[C@@H]4C[C@H]5CCC[C@H](N5)[C@@H]4F)nn3)c(O)c2)cn1. The first-order chi connectivity index (χ1) is 15.1. The molecule has 6 nitrogen and oxygen atoms in total. The van der Waals surface area contributed by atoms with Gasteiger partial charge in [-0.2, -0.15) is 0 Å². The van der Waals surface area contributed by atoms with Crippen LogP contribution in [0, 0.1) is 6.92 Å². The van der Waals surface area contributed by atoms with Crippen LogP contribution in [0.15, 0.2) is 48.7 Å². The van der Waals surface area contributed by atoms with Crippen LogP contribution < -0.4 is 10.1 Å². The van der Waals surface area contributed by atoms with Gasteiger partial charge in [0.1, 0.15) is 11.9 Å². The minimum absolute atomic E-state index is 0.107. The molecule has 4 atom stereocenters. The molecule has 5 rings (SSSR count). The number of ether oxygens (including phenoxy) is 1. The third-order valence-corrected chi connectivity index (χ3v) is 6.20. The Hall–Kier alpha value is -3.06. The molecular formula is C24H25FN4O2. The van der Waals surface area contributed by atoms with Crippen molar-refractivity contribution >= 4 is 0 Å². The summed E-state index contributed by atoms with van der Waals surface area (Å²) in [6.07, 6.45) is 3.82. The van der Waals surface area contributed by atoms with Gasteiger partial charge in [0.25, 0.3) is 0 Å². The fourth-order valence-electron chi connectivity index (χ4n) is 4.52. The molecule has 0 spiro atoms. The molecule has 2 saturated heterocycles. The summed E-state index contributed by atoms with van der Waals surface area (Å²) < 4.78 is 20.6. The van der Waals surface area contributed by atoms with Crippen LogP contribution in [0.2, 0.25) is 0 Å². The second kappa shape index (κ2) is 8.23. The number of piperidine rings is 2. The number of hydrogen-bond donors (Lipinski definition) is 2. The number of phenolic OH excluding ortho intramolecular Hbond substituents is 1. The minimum Gasteiger partial charge on any atom is -0.507 e. The lowest BCUT2D eigenvalue weighted by atomic mass is 9.84. The maximum Gasteiger partial charge on any atom is 0.233 e. The Labute approximate surface area is 180 Å². The van der Waals surface area contributed by atoms with E-state index in [4.69, 9.17) is 4.74 Å². The lowest BCUT2D eigenvalue weighted by molar-refractivity contribution is 0.00652. The van der Waals surface area contributed by atoms with Crippen LogP contribution in [0.25, 0.3) is 22.4 Å². The Bertz CT molecular complexity index is 1060. The molecule has 0 saturated carbocycles. The number of halogens is 1. The summed E-state index contributed by atoms with van der Waals surface area (Å²) in [7, 11) is 0. The molecule has 0 aliphatic carbocycles. The first-order valence-electron chi connectivity index (χ1n) is 10.7. The van der Waals surface area contributed by atoms with Gasteiger partial charge in [-0.05, 0) is 49.6 Å². The molecule has 0 amide bonds. The zero-order valence-electron chi connectivity index (χ0n) is 17.3. The van der Waals surface area contributed by atoms with Crippen molar-refractivity contribution in [3.63, 3.8) is 0 Å². The molecule has 4 heterocycles. The van der Waals surface area contributed by atoms with E-state index in [0.717, 1.165) is 36.1 Å². The van der Waals surface area contributed by atoms with Crippen LogP contribution in [0.1, 0.15) is 31.4 Å². The highest BCUT2D eigenvalue weighted by Crippen LogP contribution is 2.33. The summed E-state index contributed by atoms with van der Waals surface area (Å²) in [4.78, 5) is 4.30. The van der Waals surface area contributed by atoms with Crippen molar-refractivity contribution in [1.82, 2.24) is 20.5 Å². The predicted molar refractivity (Wildman–Crippen MR) is 116 cm³/mol. The van der Waals surface area contributed by atoms with Gasteiger partial charge in [0.15, 0.2) is 6.17 Å². The number of benzene rings is 1. The molecule has 2 bridgehead atoms. The normalized spacial score (nSPS) is 25.2. The fraction of sp³-hybridized carbons (Fsp3) is 0.375.